The van der Waals surface area contributed by atoms with E-state index in [1.54, 1.807) is 0 Å². The predicted molar refractivity (Wildman–Crippen MR) is 74.6 cm³/mol. The van der Waals surface area contributed by atoms with Gasteiger partial charge in [0.1, 0.15) is 0 Å². The van der Waals surface area contributed by atoms with Gasteiger partial charge in [-0.15, -0.1) is 0 Å². The average molecular weight is 261 g/mol. The van der Waals surface area contributed by atoms with Crippen LogP contribution < -0.4 is 5.73 Å². The first-order chi connectivity index (χ1) is 9.08. The van der Waals surface area contributed by atoms with Crippen LogP contribution in [0.25, 0.3) is 0 Å². The van der Waals surface area contributed by atoms with Crippen LogP contribution in [0.5, 0.6) is 0 Å². The van der Waals surface area contributed by atoms with E-state index in [-0.39, 0.29) is 18.0 Å². The molecule has 0 aromatic carbocycles. The number of aryl methyl sites for hydroxylation is 1. The van der Waals surface area contributed by atoms with Gasteiger partial charge in [0.15, 0.2) is 0 Å². The van der Waals surface area contributed by atoms with Crippen molar-refractivity contribution < 1.29 is 4.79 Å². The molecule has 1 saturated carbocycles. The summed E-state index contributed by atoms with van der Waals surface area (Å²) in [6.07, 6.45) is 2.91. The van der Waals surface area contributed by atoms with E-state index in [2.05, 4.69) is 30.5 Å². The lowest BCUT2D eigenvalue weighted by Crippen LogP contribution is -2.43. The molecule has 1 aromatic rings. The molecule has 0 radical (unpaired) electrons. The van der Waals surface area contributed by atoms with E-state index in [1.165, 1.54) is 24.2 Å². The molecule has 2 aliphatic rings. The predicted octanol–water partition coefficient (Wildman–Crippen LogP) is 1.83. The van der Waals surface area contributed by atoms with Gasteiger partial charge in [0, 0.05) is 36.9 Å². The summed E-state index contributed by atoms with van der Waals surface area (Å²) in [6.45, 7) is 5.95. The van der Waals surface area contributed by atoms with Gasteiger partial charge in [-0.3, -0.25) is 4.79 Å². The van der Waals surface area contributed by atoms with Crippen molar-refractivity contribution in [3.05, 3.63) is 23.5 Å². The molecule has 3 rings (SSSR count). The lowest BCUT2D eigenvalue weighted by atomic mass is 10.1. The number of nitrogens with two attached hydrogens (primary N) is 1. The third-order valence-electron chi connectivity index (χ3n) is 4.65. The van der Waals surface area contributed by atoms with Crippen molar-refractivity contribution in [3.8, 4) is 0 Å². The minimum atomic E-state index is 0.0650. The standard InChI is InChI=1S/C15H23N3O/c1-10-3-6-14-11(2)18(8-7-17(10)14)15(19)9-13(16)12-4-5-12/h3,6,11-13H,4-5,7-9,16H2,1-2H3. The molecule has 4 nitrogen and oxygen atoms in total. The number of amides is 1. The second-order valence-corrected chi connectivity index (χ2v) is 6.02. The van der Waals surface area contributed by atoms with Crippen LogP contribution in [0, 0.1) is 12.8 Å². The van der Waals surface area contributed by atoms with Crippen LogP contribution >= 0.6 is 0 Å². The van der Waals surface area contributed by atoms with Gasteiger partial charge in [-0.1, -0.05) is 0 Å². The van der Waals surface area contributed by atoms with Gasteiger partial charge < -0.3 is 15.2 Å². The van der Waals surface area contributed by atoms with Gasteiger partial charge in [0.2, 0.25) is 5.91 Å². The molecule has 1 amide bonds. The lowest BCUT2D eigenvalue weighted by molar-refractivity contribution is -0.134. The maximum atomic E-state index is 12.4. The number of carbonyl (C=O) groups excluding carboxylic acids is 1. The molecular formula is C15H23N3O. The smallest absolute Gasteiger partial charge is 0.224 e. The number of aromatic nitrogens is 1. The fraction of sp³-hybridized carbons (Fsp3) is 0.667. The highest BCUT2D eigenvalue weighted by Crippen LogP contribution is 2.34. The van der Waals surface area contributed by atoms with E-state index in [0.717, 1.165) is 13.1 Å². The Hall–Kier alpha value is -1.29. The minimum absolute atomic E-state index is 0.0650. The Kier molecular flexibility index (Phi) is 3.13. The summed E-state index contributed by atoms with van der Waals surface area (Å²) in [6, 6.07) is 4.51. The Labute approximate surface area is 114 Å². The average Bonchev–Trinajstić information content (AvgIpc) is 3.15. The first-order valence-corrected chi connectivity index (χ1v) is 7.29. The summed E-state index contributed by atoms with van der Waals surface area (Å²) in [4.78, 5) is 14.4. The Morgan fingerprint density at radius 2 is 2.16 bits per heavy atom. The SMILES string of the molecule is Cc1ccc2n1CCN(C(=O)CC(N)C1CC1)C2C. The molecule has 19 heavy (non-hydrogen) atoms. The minimum Gasteiger partial charge on any atom is -0.345 e. The van der Waals surface area contributed by atoms with Crippen LogP contribution in [0.2, 0.25) is 0 Å². The summed E-state index contributed by atoms with van der Waals surface area (Å²) in [5, 5.41) is 0. The Balaban J connectivity index is 1.70. The van der Waals surface area contributed by atoms with Gasteiger partial charge >= 0.3 is 0 Å². The van der Waals surface area contributed by atoms with Crippen LogP contribution in [0.1, 0.15) is 43.6 Å². The van der Waals surface area contributed by atoms with Gasteiger partial charge in [0.05, 0.1) is 6.04 Å². The van der Waals surface area contributed by atoms with E-state index in [4.69, 9.17) is 5.73 Å². The Bertz CT molecular complexity index is 490. The van der Waals surface area contributed by atoms with Gasteiger partial charge in [-0.25, -0.2) is 0 Å². The summed E-state index contributed by atoms with van der Waals surface area (Å²) in [7, 11) is 0. The molecule has 0 saturated heterocycles. The summed E-state index contributed by atoms with van der Waals surface area (Å²) in [5.41, 5.74) is 8.61. The zero-order valence-corrected chi connectivity index (χ0v) is 11.8. The number of carbonyl (C=O) groups is 1. The molecule has 2 heterocycles. The van der Waals surface area contributed by atoms with Crippen molar-refractivity contribution in [1.29, 1.82) is 0 Å². The fourth-order valence-electron chi connectivity index (χ4n) is 3.17. The van der Waals surface area contributed by atoms with Crippen molar-refractivity contribution in [2.75, 3.05) is 6.54 Å². The molecule has 1 fully saturated rings. The van der Waals surface area contributed by atoms with Gasteiger partial charge in [-0.05, 0) is 44.7 Å². The highest BCUT2D eigenvalue weighted by atomic mass is 16.2. The van der Waals surface area contributed by atoms with Crippen LogP contribution in [-0.2, 0) is 11.3 Å². The van der Waals surface area contributed by atoms with Crippen LogP contribution in [-0.4, -0.2) is 28.0 Å². The van der Waals surface area contributed by atoms with Crippen molar-refractivity contribution in [2.24, 2.45) is 11.7 Å². The number of fused-ring (bicyclic) bond motifs is 1. The van der Waals surface area contributed by atoms with Crippen LogP contribution in [0.3, 0.4) is 0 Å². The monoisotopic (exact) mass is 261 g/mol. The van der Waals surface area contributed by atoms with Crippen LogP contribution in [0.15, 0.2) is 12.1 Å². The molecule has 1 aliphatic carbocycles. The van der Waals surface area contributed by atoms with Crippen molar-refractivity contribution in [3.63, 3.8) is 0 Å². The maximum Gasteiger partial charge on any atom is 0.224 e. The Morgan fingerprint density at radius 3 is 2.84 bits per heavy atom. The highest BCUT2D eigenvalue weighted by molar-refractivity contribution is 5.77. The van der Waals surface area contributed by atoms with Crippen molar-refractivity contribution in [1.82, 2.24) is 9.47 Å². The van der Waals surface area contributed by atoms with E-state index < -0.39 is 0 Å². The van der Waals surface area contributed by atoms with Crippen LogP contribution in [0.4, 0.5) is 0 Å². The molecule has 1 aliphatic heterocycles. The summed E-state index contributed by atoms with van der Waals surface area (Å²) in [5.74, 6) is 0.812. The topological polar surface area (TPSA) is 51.3 Å². The fourth-order valence-corrected chi connectivity index (χ4v) is 3.17. The molecule has 0 spiro atoms. The molecule has 1 aromatic heterocycles. The first kappa shape index (κ1) is 12.7. The number of hydrogen-bond acceptors (Lipinski definition) is 2. The highest BCUT2D eigenvalue weighted by Gasteiger charge is 2.33. The summed E-state index contributed by atoms with van der Waals surface area (Å²) < 4.78 is 2.31. The molecular weight excluding hydrogens is 238 g/mol. The zero-order chi connectivity index (χ0) is 13.6. The largest absolute Gasteiger partial charge is 0.345 e. The molecule has 2 N–H and O–H groups in total. The number of nitrogens with zero attached hydrogens (tertiary/aromatic N) is 2. The molecule has 104 valence electrons. The number of rotatable bonds is 3. The van der Waals surface area contributed by atoms with E-state index in [1.807, 2.05) is 4.90 Å². The normalized spacial score (nSPS) is 24.2. The molecule has 2 atom stereocenters. The second-order valence-electron chi connectivity index (χ2n) is 6.02. The van der Waals surface area contributed by atoms with Gasteiger partial charge in [-0.2, -0.15) is 0 Å². The zero-order valence-electron chi connectivity index (χ0n) is 11.8. The number of hydrogen-bond donors (Lipinski definition) is 1. The molecule has 2 unspecified atom stereocenters. The third-order valence-corrected chi connectivity index (χ3v) is 4.65. The summed E-state index contributed by atoms with van der Waals surface area (Å²) >= 11 is 0. The van der Waals surface area contributed by atoms with E-state index in [0.29, 0.717) is 12.3 Å². The van der Waals surface area contributed by atoms with E-state index >= 15 is 0 Å². The second kappa shape index (κ2) is 4.67. The van der Waals surface area contributed by atoms with Gasteiger partial charge in [0.25, 0.3) is 0 Å². The van der Waals surface area contributed by atoms with Crippen molar-refractivity contribution in [2.45, 2.75) is 51.7 Å². The van der Waals surface area contributed by atoms with E-state index in [9.17, 15) is 4.79 Å². The molecule has 0 bridgehead atoms. The quantitative estimate of drug-likeness (QED) is 0.902. The van der Waals surface area contributed by atoms with Crippen molar-refractivity contribution >= 4 is 5.91 Å². The third kappa shape index (κ3) is 2.29. The molecule has 4 heteroatoms. The Morgan fingerprint density at radius 1 is 1.42 bits per heavy atom. The lowest BCUT2D eigenvalue weighted by Gasteiger charge is -2.36. The maximum absolute atomic E-state index is 12.4. The first-order valence-electron chi connectivity index (χ1n) is 7.29.